The normalized spacial score (nSPS) is 20.6. The molecule has 7 heteroatoms. The number of hydrogen-bond donors (Lipinski definition) is 0. The number of likely N-dealkylation sites (tertiary alicyclic amines) is 1. The van der Waals surface area contributed by atoms with Crippen molar-refractivity contribution in [3.63, 3.8) is 0 Å². The van der Waals surface area contributed by atoms with Crippen LogP contribution in [-0.2, 0) is 16.6 Å². The molecule has 0 saturated carbocycles. The van der Waals surface area contributed by atoms with Gasteiger partial charge in [0.2, 0.25) is 10.0 Å². The topological polar surface area (TPSA) is 60.9 Å². The van der Waals surface area contributed by atoms with Gasteiger partial charge in [-0.3, -0.25) is 9.69 Å². The van der Waals surface area contributed by atoms with E-state index in [-0.39, 0.29) is 5.91 Å². The third-order valence-corrected chi connectivity index (χ3v) is 6.32. The van der Waals surface area contributed by atoms with E-state index in [1.165, 1.54) is 6.26 Å². The molecule has 1 aromatic carbocycles. The molecule has 0 atom stereocenters. The molecular weight excluding hydrogens is 338 g/mol. The molecule has 0 aromatic heterocycles. The van der Waals surface area contributed by atoms with Crippen LogP contribution in [0, 0.1) is 0 Å². The second-order valence-electron chi connectivity index (χ2n) is 6.99. The molecule has 1 amide bonds. The van der Waals surface area contributed by atoms with E-state index in [1.54, 1.807) is 4.31 Å². The van der Waals surface area contributed by atoms with Crippen LogP contribution >= 0.6 is 0 Å². The molecule has 0 unspecified atom stereocenters. The SMILES string of the molecule is CS(=O)(=O)N1CCCN(Cc2ccc(C(=O)N3CCCC3)cc2)CC1. The third-order valence-electron chi connectivity index (χ3n) is 5.02. The Labute approximate surface area is 150 Å². The molecule has 2 aliphatic rings. The Balaban J connectivity index is 1.57. The van der Waals surface area contributed by atoms with Gasteiger partial charge in [-0.2, -0.15) is 0 Å². The molecule has 0 N–H and O–H groups in total. The van der Waals surface area contributed by atoms with Crippen molar-refractivity contribution in [2.24, 2.45) is 0 Å². The molecule has 0 spiro atoms. The van der Waals surface area contributed by atoms with Gasteiger partial charge in [0.05, 0.1) is 6.26 Å². The number of carbonyl (C=O) groups is 1. The fraction of sp³-hybridized carbons (Fsp3) is 0.611. The molecule has 2 aliphatic heterocycles. The summed E-state index contributed by atoms with van der Waals surface area (Å²) < 4.78 is 24.9. The maximum Gasteiger partial charge on any atom is 0.253 e. The summed E-state index contributed by atoms with van der Waals surface area (Å²) >= 11 is 0. The highest BCUT2D eigenvalue weighted by atomic mass is 32.2. The molecule has 2 fully saturated rings. The predicted octanol–water partition coefficient (Wildman–Crippen LogP) is 1.39. The average Bonchev–Trinajstić information content (AvgIpc) is 3.01. The Morgan fingerprint density at radius 1 is 0.920 bits per heavy atom. The average molecular weight is 365 g/mol. The number of benzene rings is 1. The molecule has 2 saturated heterocycles. The number of carbonyl (C=O) groups excluding carboxylic acids is 1. The number of amides is 1. The fourth-order valence-electron chi connectivity index (χ4n) is 3.55. The highest BCUT2D eigenvalue weighted by Crippen LogP contribution is 2.15. The monoisotopic (exact) mass is 365 g/mol. The lowest BCUT2D eigenvalue weighted by Gasteiger charge is -2.21. The first kappa shape index (κ1) is 18.4. The Morgan fingerprint density at radius 2 is 1.60 bits per heavy atom. The molecule has 2 heterocycles. The second kappa shape index (κ2) is 7.85. The minimum absolute atomic E-state index is 0.127. The van der Waals surface area contributed by atoms with Gasteiger partial charge in [-0.05, 0) is 43.5 Å². The van der Waals surface area contributed by atoms with E-state index in [2.05, 4.69) is 4.90 Å². The minimum Gasteiger partial charge on any atom is -0.339 e. The van der Waals surface area contributed by atoms with E-state index >= 15 is 0 Å². The summed E-state index contributed by atoms with van der Waals surface area (Å²) in [6.07, 6.45) is 4.32. The number of nitrogens with zero attached hydrogens (tertiary/aromatic N) is 3. The number of rotatable bonds is 4. The van der Waals surface area contributed by atoms with E-state index in [0.29, 0.717) is 13.1 Å². The minimum atomic E-state index is -3.10. The van der Waals surface area contributed by atoms with Crippen LogP contribution in [0.25, 0.3) is 0 Å². The molecule has 25 heavy (non-hydrogen) atoms. The van der Waals surface area contributed by atoms with Crippen molar-refractivity contribution in [1.29, 1.82) is 0 Å². The van der Waals surface area contributed by atoms with E-state index in [0.717, 1.165) is 63.1 Å². The second-order valence-corrected chi connectivity index (χ2v) is 8.97. The van der Waals surface area contributed by atoms with Crippen LogP contribution in [0.5, 0.6) is 0 Å². The number of hydrogen-bond acceptors (Lipinski definition) is 4. The predicted molar refractivity (Wildman–Crippen MR) is 97.9 cm³/mol. The zero-order valence-electron chi connectivity index (χ0n) is 14.9. The van der Waals surface area contributed by atoms with Crippen LogP contribution < -0.4 is 0 Å². The third kappa shape index (κ3) is 4.80. The van der Waals surface area contributed by atoms with Crippen molar-refractivity contribution >= 4 is 15.9 Å². The zero-order valence-corrected chi connectivity index (χ0v) is 15.7. The van der Waals surface area contributed by atoms with E-state index in [1.807, 2.05) is 29.2 Å². The van der Waals surface area contributed by atoms with E-state index in [4.69, 9.17) is 0 Å². The largest absolute Gasteiger partial charge is 0.339 e. The fourth-order valence-corrected chi connectivity index (χ4v) is 4.42. The Hall–Kier alpha value is -1.44. The molecular formula is C18H27N3O3S. The maximum atomic E-state index is 12.4. The molecule has 0 radical (unpaired) electrons. The lowest BCUT2D eigenvalue weighted by atomic mass is 10.1. The van der Waals surface area contributed by atoms with Crippen LogP contribution in [0.15, 0.2) is 24.3 Å². The Bertz CT molecular complexity index is 697. The maximum absolute atomic E-state index is 12.4. The quantitative estimate of drug-likeness (QED) is 0.809. The van der Waals surface area contributed by atoms with Gasteiger partial charge in [0.25, 0.3) is 5.91 Å². The van der Waals surface area contributed by atoms with Crippen molar-refractivity contribution in [1.82, 2.24) is 14.1 Å². The van der Waals surface area contributed by atoms with Crippen LogP contribution in [0.3, 0.4) is 0 Å². The van der Waals surface area contributed by atoms with Crippen molar-refractivity contribution in [2.75, 3.05) is 45.5 Å². The lowest BCUT2D eigenvalue weighted by molar-refractivity contribution is 0.0793. The van der Waals surface area contributed by atoms with E-state index < -0.39 is 10.0 Å². The van der Waals surface area contributed by atoms with Gasteiger partial charge in [0, 0.05) is 44.8 Å². The van der Waals surface area contributed by atoms with Crippen LogP contribution in [0.4, 0.5) is 0 Å². The Kier molecular flexibility index (Phi) is 5.76. The van der Waals surface area contributed by atoms with Crippen molar-refractivity contribution in [3.8, 4) is 0 Å². The lowest BCUT2D eigenvalue weighted by Crippen LogP contribution is -2.34. The van der Waals surface area contributed by atoms with Crippen molar-refractivity contribution in [2.45, 2.75) is 25.8 Å². The van der Waals surface area contributed by atoms with E-state index in [9.17, 15) is 13.2 Å². The molecule has 6 nitrogen and oxygen atoms in total. The molecule has 1 aromatic rings. The van der Waals surface area contributed by atoms with Gasteiger partial charge < -0.3 is 4.90 Å². The van der Waals surface area contributed by atoms with Crippen molar-refractivity contribution < 1.29 is 13.2 Å². The summed E-state index contributed by atoms with van der Waals surface area (Å²) in [5.74, 6) is 0.127. The van der Waals surface area contributed by atoms with Crippen molar-refractivity contribution in [3.05, 3.63) is 35.4 Å². The van der Waals surface area contributed by atoms with Gasteiger partial charge in [-0.25, -0.2) is 12.7 Å². The first-order valence-electron chi connectivity index (χ1n) is 8.99. The van der Waals surface area contributed by atoms with Gasteiger partial charge in [-0.1, -0.05) is 12.1 Å². The molecule has 0 bridgehead atoms. The first-order chi connectivity index (χ1) is 11.9. The summed E-state index contributed by atoms with van der Waals surface area (Å²) in [4.78, 5) is 16.6. The van der Waals surface area contributed by atoms with Crippen LogP contribution in [-0.4, -0.2) is 74.0 Å². The Morgan fingerprint density at radius 3 is 2.24 bits per heavy atom. The van der Waals surface area contributed by atoms with Gasteiger partial charge in [-0.15, -0.1) is 0 Å². The standard InChI is InChI=1S/C18H27N3O3S/c1-25(23,24)21-12-4-9-19(13-14-21)15-16-5-7-17(8-6-16)18(22)20-10-2-3-11-20/h5-8H,2-4,9-15H2,1H3. The smallest absolute Gasteiger partial charge is 0.253 e. The van der Waals surface area contributed by atoms with Gasteiger partial charge >= 0.3 is 0 Å². The zero-order chi connectivity index (χ0) is 17.9. The summed E-state index contributed by atoms with van der Waals surface area (Å²) in [6.45, 7) is 5.29. The number of sulfonamides is 1. The highest BCUT2D eigenvalue weighted by molar-refractivity contribution is 7.88. The van der Waals surface area contributed by atoms with Crippen LogP contribution in [0.1, 0.15) is 35.2 Å². The molecule has 0 aliphatic carbocycles. The highest BCUT2D eigenvalue weighted by Gasteiger charge is 2.22. The first-order valence-corrected chi connectivity index (χ1v) is 10.8. The van der Waals surface area contributed by atoms with Crippen LogP contribution in [0.2, 0.25) is 0 Å². The summed E-state index contributed by atoms with van der Waals surface area (Å²) in [6, 6.07) is 7.86. The summed E-state index contributed by atoms with van der Waals surface area (Å²) in [7, 11) is -3.10. The summed E-state index contributed by atoms with van der Waals surface area (Å²) in [5.41, 5.74) is 1.91. The van der Waals surface area contributed by atoms with Gasteiger partial charge in [0.1, 0.15) is 0 Å². The van der Waals surface area contributed by atoms with Gasteiger partial charge in [0.15, 0.2) is 0 Å². The summed E-state index contributed by atoms with van der Waals surface area (Å²) in [5, 5.41) is 0. The molecule has 3 rings (SSSR count). The molecule has 138 valence electrons.